The van der Waals surface area contributed by atoms with Crippen LogP contribution in [0.5, 0.6) is 0 Å². The van der Waals surface area contributed by atoms with E-state index in [0.717, 1.165) is 37.5 Å². The normalized spacial score (nSPS) is 16.7. The molecule has 0 aliphatic carbocycles. The van der Waals surface area contributed by atoms with Gasteiger partial charge < -0.3 is 15.8 Å². The third-order valence-corrected chi connectivity index (χ3v) is 3.94. The lowest BCUT2D eigenvalue weighted by Crippen LogP contribution is -2.32. The minimum atomic E-state index is -0.0824. The van der Waals surface area contributed by atoms with Crippen LogP contribution in [0.2, 0.25) is 0 Å². The molecule has 100 valence electrons. The molecule has 1 aromatic rings. The summed E-state index contributed by atoms with van der Waals surface area (Å²) in [6, 6.07) is 0. The van der Waals surface area contributed by atoms with Crippen molar-refractivity contribution < 1.29 is 9.53 Å². The standard InChI is InChI=1S/C12H19N3O2S/c13-4-1-11-15-10(8-18-11)12(16)14-7-9-2-5-17-6-3-9/h8-9H,1-7,13H2,(H,14,16). The van der Waals surface area contributed by atoms with Gasteiger partial charge in [0.25, 0.3) is 5.91 Å². The van der Waals surface area contributed by atoms with Crippen LogP contribution in [-0.2, 0) is 11.2 Å². The largest absolute Gasteiger partial charge is 0.381 e. The van der Waals surface area contributed by atoms with E-state index in [-0.39, 0.29) is 5.91 Å². The van der Waals surface area contributed by atoms with Crippen molar-refractivity contribution >= 4 is 17.2 Å². The van der Waals surface area contributed by atoms with Gasteiger partial charge in [0.15, 0.2) is 0 Å². The molecular formula is C12H19N3O2S. The number of nitrogens with zero attached hydrogens (tertiary/aromatic N) is 1. The number of thiazole rings is 1. The molecule has 2 rings (SSSR count). The van der Waals surface area contributed by atoms with Crippen LogP contribution in [0.4, 0.5) is 0 Å². The van der Waals surface area contributed by atoms with Gasteiger partial charge in [-0.15, -0.1) is 11.3 Å². The molecule has 1 saturated heterocycles. The molecule has 0 atom stereocenters. The van der Waals surface area contributed by atoms with Crippen LogP contribution in [0, 0.1) is 5.92 Å². The summed E-state index contributed by atoms with van der Waals surface area (Å²) in [5.74, 6) is 0.450. The third-order valence-electron chi connectivity index (χ3n) is 3.03. The average molecular weight is 269 g/mol. The number of carbonyl (C=O) groups excluding carboxylic acids is 1. The lowest BCUT2D eigenvalue weighted by Gasteiger charge is -2.21. The molecule has 1 aliphatic rings. The van der Waals surface area contributed by atoms with Crippen LogP contribution in [0.15, 0.2) is 5.38 Å². The van der Waals surface area contributed by atoms with Crippen LogP contribution in [0.1, 0.15) is 28.3 Å². The van der Waals surface area contributed by atoms with Crippen molar-refractivity contribution in [2.45, 2.75) is 19.3 Å². The van der Waals surface area contributed by atoms with Crippen molar-refractivity contribution in [3.05, 3.63) is 16.1 Å². The number of amides is 1. The molecule has 0 aromatic carbocycles. The minimum Gasteiger partial charge on any atom is -0.381 e. The first-order valence-corrected chi connectivity index (χ1v) is 7.18. The van der Waals surface area contributed by atoms with Crippen molar-refractivity contribution in [3.63, 3.8) is 0 Å². The molecule has 1 fully saturated rings. The fourth-order valence-corrected chi connectivity index (χ4v) is 2.73. The Hall–Kier alpha value is -0.980. The molecule has 0 bridgehead atoms. The zero-order valence-electron chi connectivity index (χ0n) is 10.4. The molecule has 1 aliphatic heterocycles. The monoisotopic (exact) mass is 269 g/mol. The summed E-state index contributed by atoms with van der Waals surface area (Å²) < 4.78 is 5.29. The van der Waals surface area contributed by atoms with E-state index in [9.17, 15) is 4.79 Å². The van der Waals surface area contributed by atoms with Crippen LogP contribution in [-0.4, -0.2) is 37.2 Å². The molecule has 0 saturated carbocycles. The Morgan fingerprint density at radius 2 is 2.33 bits per heavy atom. The number of aromatic nitrogens is 1. The maximum absolute atomic E-state index is 11.9. The number of rotatable bonds is 5. The predicted molar refractivity (Wildman–Crippen MR) is 70.7 cm³/mol. The van der Waals surface area contributed by atoms with Crippen molar-refractivity contribution in [2.24, 2.45) is 11.7 Å². The molecule has 6 heteroatoms. The molecule has 0 unspecified atom stereocenters. The smallest absolute Gasteiger partial charge is 0.270 e. The van der Waals surface area contributed by atoms with Gasteiger partial charge in [0.1, 0.15) is 5.69 Å². The van der Waals surface area contributed by atoms with Crippen molar-refractivity contribution in [3.8, 4) is 0 Å². The molecule has 5 nitrogen and oxygen atoms in total. The first kappa shape index (κ1) is 13.5. The van der Waals surface area contributed by atoms with Crippen LogP contribution in [0.3, 0.4) is 0 Å². The van der Waals surface area contributed by atoms with Gasteiger partial charge in [-0.05, 0) is 25.3 Å². The highest BCUT2D eigenvalue weighted by atomic mass is 32.1. The van der Waals surface area contributed by atoms with Crippen LogP contribution in [0.25, 0.3) is 0 Å². The summed E-state index contributed by atoms with van der Waals surface area (Å²) in [6.07, 6.45) is 2.78. The van der Waals surface area contributed by atoms with Gasteiger partial charge >= 0.3 is 0 Å². The Morgan fingerprint density at radius 1 is 1.56 bits per heavy atom. The van der Waals surface area contributed by atoms with Crippen LogP contribution < -0.4 is 11.1 Å². The summed E-state index contributed by atoms with van der Waals surface area (Å²) in [6.45, 7) is 2.89. The van der Waals surface area contributed by atoms with Crippen LogP contribution >= 0.6 is 11.3 Å². The lowest BCUT2D eigenvalue weighted by molar-refractivity contribution is 0.0642. The number of nitrogens with two attached hydrogens (primary N) is 1. The third kappa shape index (κ3) is 3.76. The summed E-state index contributed by atoms with van der Waals surface area (Å²) in [5.41, 5.74) is 5.97. The number of hydrogen-bond donors (Lipinski definition) is 2. The fourth-order valence-electron chi connectivity index (χ4n) is 1.93. The van der Waals surface area contributed by atoms with Crippen molar-refractivity contribution in [1.82, 2.24) is 10.3 Å². The number of ether oxygens (including phenoxy) is 1. The summed E-state index contributed by atoms with van der Waals surface area (Å²) in [5, 5.41) is 5.66. The van der Waals surface area contributed by atoms with Gasteiger partial charge in [0, 0.05) is 31.6 Å². The Kier molecular flexibility index (Phi) is 5.10. The van der Waals surface area contributed by atoms with E-state index in [0.29, 0.717) is 24.7 Å². The molecular weight excluding hydrogens is 250 g/mol. The second-order valence-electron chi connectivity index (χ2n) is 4.43. The summed E-state index contributed by atoms with van der Waals surface area (Å²) >= 11 is 1.49. The lowest BCUT2D eigenvalue weighted by atomic mass is 10.0. The second-order valence-corrected chi connectivity index (χ2v) is 5.37. The average Bonchev–Trinajstić information content (AvgIpc) is 2.86. The molecule has 2 heterocycles. The fraction of sp³-hybridized carbons (Fsp3) is 0.667. The Morgan fingerprint density at radius 3 is 3.06 bits per heavy atom. The van der Waals surface area contributed by atoms with E-state index in [2.05, 4.69) is 10.3 Å². The van der Waals surface area contributed by atoms with Gasteiger partial charge in [0.2, 0.25) is 0 Å². The highest BCUT2D eigenvalue weighted by Gasteiger charge is 2.16. The summed E-state index contributed by atoms with van der Waals surface area (Å²) in [7, 11) is 0. The SMILES string of the molecule is NCCc1nc(C(=O)NCC2CCOCC2)cs1. The first-order chi connectivity index (χ1) is 8.79. The van der Waals surface area contributed by atoms with Gasteiger partial charge in [-0.2, -0.15) is 0 Å². The maximum atomic E-state index is 11.9. The number of hydrogen-bond acceptors (Lipinski definition) is 5. The zero-order valence-corrected chi connectivity index (χ0v) is 11.2. The Balaban J connectivity index is 1.79. The molecule has 18 heavy (non-hydrogen) atoms. The Bertz CT molecular complexity index is 388. The van der Waals surface area contributed by atoms with E-state index in [4.69, 9.17) is 10.5 Å². The number of carbonyl (C=O) groups is 1. The summed E-state index contributed by atoms with van der Waals surface area (Å²) in [4.78, 5) is 16.1. The van der Waals surface area contributed by atoms with Crippen molar-refractivity contribution in [1.29, 1.82) is 0 Å². The van der Waals surface area contributed by atoms with E-state index in [1.54, 1.807) is 5.38 Å². The van der Waals surface area contributed by atoms with E-state index in [1.165, 1.54) is 11.3 Å². The topological polar surface area (TPSA) is 77.2 Å². The zero-order chi connectivity index (χ0) is 12.8. The number of nitrogens with one attached hydrogen (secondary N) is 1. The van der Waals surface area contributed by atoms with Gasteiger partial charge in [0.05, 0.1) is 5.01 Å². The second kappa shape index (κ2) is 6.82. The van der Waals surface area contributed by atoms with Gasteiger partial charge in [-0.1, -0.05) is 0 Å². The molecule has 0 spiro atoms. The van der Waals surface area contributed by atoms with Gasteiger partial charge in [-0.3, -0.25) is 4.79 Å². The first-order valence-electron chi connectivity index (χ1n) is 6.30. The van der Waals surface area contributed by atoms with Gasteiger partial charge in [-0.25, -0.2) is 4.98 Å². The predicted octanol–water partition coefficient (Wildman–Crippen LogP) is 0.801. The minimum absolute atomic E-state index is 0.0824. The molecule has 1 amide bonds. The molecule has 0 radical (unpaired) electrons. The highest BCUT2D eigenvalue weighted by molar-refractivity contribution is 7.09. The highest BCUT2D eigenvalue weighted by Crippen LogP contribution is 2.14. The maximum Gasteiger partial charge on any atom is 0.270 e. The van der Waals surface area contributed by atoms with E-state index < -0.39 is 0 Å². The Labute approximate surface area is 111 Å². The van der Waals surface area contributed by atoms with E-state index in [1.807, 2.05) is 0 Å². The molecule has 1 aromatic heterocycles. The quantitative estimate of drug-likeness (QED) is 0.829. The molecule has 3 N–H and O–H groups in total. The van der Waals surface area contributed by atoms with E-state index >= 15 is 0 Å². The van der Waals surface area contributed by atoms with Crippen molar-refractivity contribution in [2.75, 3.05) is 26.3 Å².